The number of aromatic nitrogens is 2. The average Bonchev–Trinajstić information content (AvgIpc) is 2.80. The maximum absolute atomic E-state index is 13.1. The van der Waals surface area contributed by atoms with Crippen molar-refractivity contribution in [3.8, 4) is 23.0 Å². The molecule has 0 bridgehead atoms. The summed E-state index contributed by atoms with van der Waals surface area (Å²) in [7, 11) is 0. The quantitative estimate of drug-likeness (QED) is 0.426. The van der Waals surface area contributed by atoms with E-state index < -0.39 is 0 Å². The van der Waals surface area contributed by atoms with Gasteiger partial charge < -0.3 is 10.1 Å². The Hall–Kier alpha value is -3.77. The maximum Gasteiger partial charge on any atom is 0.251 e. The van der Waals surface area contributed by atoms with Crippen LogP contribution in [0.25, 0.3) is 11.4 Å². The lowest BCUT2D eigenvalue weighted by Gasteiger charge is -2.08. The van der Waals surface area contributed by atoms with Gasteiger partial charge in [-0.05, 0) is 66.2 Å². The highest BCUT2D eigenvalue weighted by Gasteiger charge is 2.08. The van der Waals surface area contributed by atoms with Gasteiger partial charge in [0, 0.05) is 35.0 Å². The number of ether oxygens (including phenoxy) is 1. The summed E-state index contributed by atoms with van der Waals surface area (Å²) in [6.07, 6.45) is 1.57. The number of nitrogens with one attached hydrogen (secondary N) is 1. The van der Waals surface area contributed by atoms with Crippen LogP contribution in [0.3, 0.4) is 0 Å². The Morgan fingerprint density at radius 2 is 1.65 bits per heavy atom. The van der Waals surface area contributed by atoms with E-state index in [9.17, 15) is 9.18 Å². The van der Waals surface area contributed by atoms with Gasteiger partial charge in [0.2, 0.25) is 5.88 Å². The average molecular weight is 434 g/mol. The molecule has 1 amide bonds. The number of carbonyl (C=O) groups excluding carboxylic acids is 1. The van der Waals surface area contributed by atoms with E-state index in [1.54, 1.807) is 60.8 Å². The first-order valence-electron chi connectivity index (χ1n) is 9.46. The summed E-state index contributed by atoms with van der Waals surface area (Å²) in [5, 5.41) is 3.52. The van der Waals surface area contributed by atoms with Gasteiger partial charge in [0.05, 0.1) is 0 Å². The molecule has 4 rings (SSSR count). The first-order chi connectivity index (χ1) is 15.1. The van der Waals surface area contributed by atoms with Crippen LogP contribution in [0.4, 0.5) is 4.39 Å². The molecule has 3 aromatic carbocycles. The van der Waals surface area contributed by atoms with Gasteiger partial charge in [0.15, 0.2) is 5.82 Å². The van der Waals surface area contributed by atoms with Gasteiger partial charge in [-0.25, -0.2) is 9.37 Å². The molecule has 0 spiro atoms. The minimum atomic E-state index is -0.326. The van der Waals surface area contributed by atoms with Crippen molar-refractivity contribution in [3.63, 3.8) is 0 Å². The van der Waals surface area contributed by atoms with Crippen molar-refractivity contribution >= 4 is 17.5 Å². The summed E-state index contributed by atoms with van der Waals surface area (Å²) in [6, 6.07) is 21.6. The first kappa shape index (κ1) is 20.5. The SMILES string of the molecule is O=C(NCc1ccc(Cl)cc1)c1ccc(Oc2ccnc(-c3ccc(F)cc3)n2)cc1. The zero-order chi connectivity index (χ0) is 21.6. The van der Waals surface area contributed by atoms with E-state index in [4.69, 9.17) is 16.3 Å². The molecule has 0 fully saturated rings. The standard InChI is InChI=1S/C24H17ClFN3O2/c25-19-7-1-16(2-8-19)15-28-24(30)18-5-11-21(12-6-18)31-22-13-14-27-23(29-22)17-3-9-20(26)10-4-17/h1-14H,15H2,(H,28,30). The predicted molar refractivity (Wildman–Crippen MR) is 117 cm³/mol. The number of rotatable bonds is 6. The molecule has 0 aliphatic rings. The van der Waals surface area contributed by atoms with Gasteiger partial charge in [-0.2, -0.15) is 4.98 Å². The molecule has 154 valence electrons. The number of benzene rings is 3. The molecular formula is C24H17ClFN3O2. The van der Waals surface area contributed by atoms with Crippen molar-refractivity contribution < 1.29 is 13.9 Å². The molecule has 4 aromatic rings. The number of nitrogens with zero attached hydrogens (tertiary/aromatic N) is 2. The molecule has 0 aliphatic carbocycles. The van der Waals surface area contributed by atoms with E-state index in [0.717, 1.165) is 5.56 Å². The third-order valence-electron chi connectivity index (χ3n) is 4.44. The van der Waals surface area contributed by atoms with Gasteiger partial charge in [0.25, 0.3) is 5.91 Å². The van der Waals surface area contributed by atoms with Gasteiger partial charge >= 0.3 is 0 Å². The summed E-state index contributed by atoms with van der Waals surface area (Å²) in [6.45, 7) is 0.404. The Kier molecular flexibility index (Phi) is 6.19. The van der Waals surface area contributed by atoms with E-state index in [1.807, 2.05) is 12.1 Å². The third kappa shape index (κ3) is 5.43. The Bertz CT molecular complexity index is 1180. The van der Waals surface area contributed by atoms with E-state index in [0.29, 0.717) is 40.1 Å². The van der Waals surface area contributed by atoms with Crippen molar-refractivity contribution in [2.45, 2.75) is 6.54 Å². The fourth-order valence-corrected chi connectivity index (χ4v) is 2.94. The molecule has 0 saturated heterocycles. The molecule has 1 heterocycles. The van der Waals surface area contributed by atoms with Crippen LogP contribution in [0.5, 0.6) is 11.6 Å². The maximum atomic E-state index is 13.1. The van der Waals surface area contributed by atoms with Crippen molar-refractivity contribution in [1.82, 2.24) is 15.3 Å². The molecule has 7 heteroatoms. The highest BCUT2D eigenvalue weighted by molar-refractivity contribution is 6.30. The van der Waals surface area contributed by atoms with E-state index in [-0.39, 0.29) is 11.7 Å². The molecule has 5 nitrogen and oxygen atoms in total. The molecular weight excluding hydrogens is 417 g/mol. The van der Waals surface area contributed by atoms with Crippen molar-refractivity contribution in [2.24, 2.45) is 0 Å². The lowest BCUT2D eigenvalue weighted by molar-refractivity contribution is 0.0951. The smallest absolute Gasteiger partial charge is 0.251 e. The summed E-state index contributed by atoms with van der Waals surface area (Å²) >= 11 is 5.87. The molecule has 1 aromatic heterocycles. The molecule has 0 radical (unpaired) electrons. The van der Waals surface area contributed by atoms with Gasteiger partial charge in [-0.1, -0.05) is 23.7 Å². The van der Waals surface area contributed by atoms with Crippen molar-refractivity contribution in [1.29, 1.82) is 0 Å². The van der Waals surface area contributed by atoms with Crippen LogP contribution in [0.2, 0.25) is 5.02 Å². The van der Waals surface area contributed by atoms with Crippen molar-refractivity contribution in [2.75, 3.05) is 0 Å². The normalized spacial score (nSPS) is 10.5. The Balaban J connectivity index is 1.39. The summed E-state index contributed by atoms with van der Waals surface area (Å²) in [5.74, 6) is 0.776. The summed E-state index contributed by atoms with van der Waals surface area (Å²) in [4.78, 5) is 20.9. The minimum absolute atomic E-state index is 0.192. The molecule has 0 saturated carbocycles. The molecule has 1 N–H and O–H groups in total. The number of amides is 1. The van der Waals surface area contributed by atoms with Gasteiger partial charge in [0.1, 0.15) is 11.6 Å². The largest absolute Gasteiger partial charge is 0.439 e. The van der Waals surface area contributed by atoms with Crippen LogP contribution in [0.1, 0.15) is 15.9 Å². The van der Waals surface area contributed by atoms with E-state index >= 15 is 0 Å². The second-order valence-electron chi connectivity index (χ2n) is 6.66. The number of hydrogen-bond acceptors (Lipinski definition) is 4. The van der Waals surface area contributed by atoms with Crippen LogP contribution in [-0.2, 0) is 6.54 Å². The monoisotopic (exact) mass is 433 g/mol. The molecule has 0 unspecified atom stereocenters. The second kappa shape index (κ2) is 9.36. The van der Waals surface area contributed by atoms with Crippen LogP contribution in [-0.4, -0.2) is 15.9 Å². The topological polar surface area (TPSA) is 64.1 Å². The van der Waals surface area contributed by atoms with Crippen LogP contribution >= 0.6 is 11.6 Å². The number of halogens is 2. The highest BCUT2D eigenvalue weighted by Crippen LogP contribution is 2.23. The van der Waals surface area contributed by atoms with Gasteiger partial charge in [-0.15, -0.1) is 0 Å². The molecule has 31 heavy (non-hydrogen) atoms. The molecule has 0 atom stereocenters. The third-order valence-corrected chi connectivity index (χ3v) is 4.69. The predicted octanol–water partition coefficient (Wildman–Crippen LogP) is 5.66. The van der Waals surface area contributed by atoms with Crippen LogP contribution < -0.4 is 10.1 Å². The number of hydrogen-bond donors (Lipinski definition) is 1. The zero-order valence-electron chi connectivity index (χ0n) is 16.3. The highest BCUT2D eigenvalue weighted by atomic mass is 35.5. The first-order valence-corrected chi connectivity index (χ1v) is 9.84. The Morgan fingerprint density at radius 1 is 0.935 bits per heavy atom. The lowest BCUT2D eigenvalue weighted by atomic mass is 10.2. The fourth-order valence-electron chi connectivity index (χ4n) is 2.82. The summed E-state index contributed by atoms with van der Waals surface area (Å²) < 4.78 is 18.9. The van der Waals surface area contributed by atoms with Crippen LogP contribution in [0.15, 0.2) is 85.1 Å². The van der Waals surface area contributed by atoms with Gasteiger partial charge in [-0.3, -0.25) is 4.79 Å². The summed E-state index contributed by atoms with van der Waals surface area (Å²) in [5.41, 5.74) is 2.15. The zero-order valence-corrected chi connectivity index (χ0v) is 17.0. The van der Waals surface area contributed by atoms with E-state index in [2.05, 4.69) is 15.3 Å². The fraction of sp³-hybridized carbons (Fsp3) is 0.0417. The van der Waals surface area contributed by atoms with Crippen molar-refractivity contribution in [3.05, 3.63) is 107 Å². The lowest BCUT2D eigenvalue weighted by Crippen LogP contribution is -2.22. The van der Waals surface area contributed by atoms with E-state index in [1.165, 1.54) is 12.1 Å². The Labute approximate surface area is 183 Å². The Morgan fingerprint density at radius 3 is 2.35 bits per heavy atom. The molecule has 0 aliphatic heterocycles. The number of carbonyl (C=O) groups is 1. The minimum Gasteiger partial charge on any atom is -0.439 e. The van der Waals surface area contributed by atoms with Crippen LogP contribution in [0, 0.1) is 5.82 Å². The second-order valence-corrected chi connectivity index (χ2v) is 7.10.